The third kappa shape index (κ3) is 4.06. The van der Waals surface area contributed by atoms with E-state index in [0.717, 1.165) is 27.8 Å². The number of carbonyl (C=O) groups excluding carboxylic acids is 1. The molecule has 174 valence electrons. The Morgan fingerprint density at radius 2 is 1.74 bits per heavy atom. The summed E-state index contributed by atoms with van der Waals surface area (Å²) >= 11 is 0. The Balaban J connectivity index is 0.00000274. The van der Waals surface area contributed by atoms with E-state index >= 15 is 0 Å². The minimum atomic E-state index is -0.295. The summed E-state index contributed by atoms with van der Waals surface area (Å²) in [5, 5.41) is 1.000. The van der Waals surface area contributed by atoms with Gasteiger partial charge >= 0.3 is 0 Å². The maximum absolute atomic E-state index is 14.7. The fraction of sp³-hybridized carbons (Fsp3) is 0.185. The van der Waals surface area contributed by atoms with Crippen LogP contribution in [0, 0.1) is 5.82 Å². The predicted molar refractivity (Wildman–Crippen MR) is 135 cm³/mol. The van der Waals surface area contributed by atoms with Crippen molar-refractivity contribution in [2.45, 2.75) is 13.0 Å². The Morgan fingerprint density at radius 3 is 2.50 bits per heavy atom. The number of fused-ring (bicyclic) bond motifs is 2. The Labute approximate surface area is 197 Å². The highest BCUT2D eigenvalue weighted by Gasteiger charge is 2.28. The minimum Gasteiger partial charge on any atom is -0.412 e. The molecule has 7 heteroatoms. The van der Waals surface area contributed by atoms with Crippen LogP contribution in [0.3, 0.4) is 0 Å². The number of benzene rings is 3. The van der Waals surface area contributed by atoms with Crippen LogP contribution in [0.2, 0.25) is 0 Å². The fourth-order valence-electron chi connectivity index (χ4n) is 4.53. The number of aliphatic imine (C=N–C) groups is 1. The average Bonchev–Trinajstić information content (AvgIpc) is 3.20. The highest BCUT2D eigenvalue weighted by Crippen LogP contribution is 2.31. The third-order valence-corrected chi connectivity index (χ3v) is 6.31. The van der Waals surface area contributed by atoms with Crippen molar-refractivity contribution in [1.82, 2.24) is 4.98 Å². The summed E-state index contributed by atoms with van der Waals surface area (Å²) in [5.41, 5.74) is 4.80. The lowest BCUT2D eigenvalue weighted by Crippen LogP contribution is -2.45. The summed E-state index contributed by atoms with van der Waals surface area (Å²) in [6, 6.07) is 22.5. The molecule has 5 rings (SSSR count). The lowest BCUT2D eigenvalue weighted by Gasteiger charge is -2.33. The minimum absolute atomic E-state index is 0. The number of nitrogens with one attached hydrogen (secondary N) is 1. The number of para-hydroxylation sites is 2. The molecule has 0 fully saturated rings. The van der Waals surface area contributed by atoms with Crippen LogP contribution in [0.25, 0.3) is 10.9 Å². The van der Waals surface area contributed by atoms with E-state index in [4.69, 9.17) is 4.99 Å². The highest BCUT2D eigenvalue weighted by molar-refractivity contribution is 6.16. The topological polar surface area (TPSA) is 83.2 Å². The van der Waals surface area contributed by atoms with Crippen molar-refractivity contribution in [2.24, 2.45) is 4.99 Å². The number of halogens is 1. The van der Waals surface area contributed by atoms with Crippen molar-refractivity contribution < 1.29 is 14.7 Å². The maximum atomic E-state index is 14.7. The second-order valence-corrected chi connectivity index (χ2v) is 8.30. The number of rotatable bonds is 4. The van der Waals surface area contributed by atoms with Gasteiger partial charge in [0.25, 0.3) is 0 Å². The van der Waals surface area contributed by atoms with Crippen molar-refractivity contribution in [3.8, 4) is 0 Å². The molecule has 1 aromatic heterocycles. The molecule has 1 aliphatic heterocycles. The first kappa shape index (κ1) is 23.2. The molecule has 0 bridgehead atoms. The van der Waals surface area contributed by atoms with E-state index in [1.807, 2.05) is 67.8 Å². The van der Waals surface area contributed by atoms with Crippen LogP contribution < -0.4 is 9.80 Å². The highest BCUT2D eigenvalue weighted by atomic mass is 19.1. The van der Waals surface area contributed by atoms with Crippen molar-refractivity contribution in [3.05, 3.63) is 95.9 Å². The van der Waals surface area contributed by atoms with Gasteiger partial charge in [0, 0.05) is 54.4 Å². The Kier molecular flexibility index (Phi) is 6.47. The number of hydrogen-bond donors (Lipinski definition) is 1. The summed E-state index contributed by atoms with van der Waals surface area (Å²) in [6.07, 6.45) is 1.88. The van der Waals surface area contributed by atoms with Gasteiger partial charge in [0.2, 0.25) is 5.91 Å². The van der Waals surface area contributed by atoms with Gasteiger partial charge in [0.1, 0.15) is 5.82 Å². The molecule has 0 saturated carbocycles. The van der Waals surface area contributed by atoms with Crippen LogP contribution >= 0.6 is 0 Å². The molecule has 0 aliphatic carbocycles. The zero-order chi connectivity index (χ0) is 22.9. The normalized spacial score (nSPS) is 15.2. The number of anilines is 2. The van der Waals surface area contributed by atoms with E-state index in [-0.39, 0.29) is 23.2 Å². The number of likely N-dealkylation sites (N-methyl/N-ethyl adjacent to an activating group) is 1. The average molecular weight is 459 g/mol. The molecule has 6 nitrogen and oxygen atoms in total. The Hall–Kier alpha value is -3.97. The molecule has 0 radical (unpaired) electrons. The summed E-state index contributed by atoms with van der Waals surface area (Å²) in [4.78, 5) is 24.8. The molecule has 3 N–H and O–H groups in total. The smallest absolute Gasteiger partial charge is 0.223 e. The van der Waals surface area contributed by atoms with E-state index in [1.54, 1.807) is 24.0 Å². The number of carbonyl (C=O) groups is 1. The van der Waals surface area contributed by atoms with Crippen molar-refractivity contribution in [3.63, 3.8) is 0 Å². The molecule has 3 aromatic carbocycles. The third-order valence-electron chi connectivity index (χ3n) is 6.31. The van der Waals surface area contributed by atoms with Gasteiger partial charge in [-0.15, -0.1) is 0 Å². The second kappa shape index (κ2) is 9.49. The number of H-pyrrole nitrogens is 1. The number of benzodiazepines with no additional fused rings is 1. The fourth-order valence-corrected chi connectivity index (χ4v) is 4.53. The first-order valence-electron chi connectivity index (χ1n) is 11.0. The van der Waals surface area contributed by atoms with E-state index in [1.165, 1.54) is 6.07 Å². The number of nitrogens with zero attached hydrogens (tertiary/aromatic N) is 3. The Bertz CT molecular complexity index is 1360. The quantitative estimate of drug-likeness (QED) is 0.497. The SMILES string of the molecule is CC(=O)N(CC1CN=C(c2ccccc2F)c2ccccc2N1C)c1c[nH]c2ccccc12.O. The van der Waals surface area contributed by atoms with Gasteiger partial charge in [-0.05, 0) is 24.3 Å². The first-order valence-corrected chi connectivity index (χ1v) is 11.0. The Morgan fingerprint density at radius 1 is 1.06 bits per heavy atom. The van der Waals surface area contributed by atoms with E-state index in [9.17, 15) is 9.18 Å². The van der Waals surface area contributed by atoms with Crippen LogP contribution in [0.1, 0.15) is 18.1 Å². The monoisotopic (exact) mass is 458 g/mol. The lowest BCUT2D eigenvalue weighted by atomic mass is 10.00. The molecule has 1 aliphatic rings. The molecule has 0 spiro atoms. The number of aromatic nitrogens is 1. The van der Waals surface area contributed by atoms with Crippen LogP contribution in [-0.2, 0) is 4.79 Å². The van der Waals surface area contributed by atoms with Gasteiger partial charge in [0.15, 0.2) is 0 Å². The number of hydrogen-bond acceptors (Lipinski definition) is 3. The molecule has 1 amide bonds. The largest absolute Gasteiger partial charge is 0.412 e. The second-order valence-electron chi connectivity index (χ2n) is 8.30. The van der Waals surface area contributed by atoms with E-state index in [2.05, 4.69) is 9.88 Å². The number of aromatic amines is 1. The van der Waals surface area contributed by atoms with Gasteiger partial charge in [-0.2, -0.15) is 0 Å². The molecular formula is C27H27FN4O2. The van der Waals surface area contributed by atoms with Crippen molar-refractivity contribution in [1.29, 1.82) is 0 Å². The van der Waals surface area contributed by atoms with Crippen molar-refractivity contribution >= 4 is 33.9 Å². The maximum Gasteiger partial charge on any atom is 0.223 e. The molecule has 1 atom stereocenters. The van der Waals surface area contributed by atoms with Crippen LogP contribution in [0.5, 0.6) is 0 Å². The number of amides is 1. The van der Waals surface area contributed by atoms with Gasteiger partial charge in [-0.3, -0.25) is 9.79 Å². The van der Waals surface area contributed by atoms with Crippen LogP contribution in [-0.4, -0.2) is 48.3 Å². The van der Waals surface area contributed by atoms with Gasteiger partial charge in [-0.1, -0.05) is 48.5 Å². The molecule has 2 heterocycles. The zero-order valence-corrected chi connectivity index (χ0v) is 19.1. The zero-order valence-electron chi connectivity index (χ0n) is 19.1. The standard InChI is InChI=1S/C27H25FN4O.H2O/c1-18(33)32(26-16-29-24-13-7-4-10-21(24)26)17-19-15-30-27(20-9-3-6-12-23(20)28)22-11-5-8-14-25(22)31(19)2;/h3-14,16,19,29H,15,17H2,1-2H3;1H2. The molecule has 1 unspecified atom stereocenters. The lowest BCUT2D eigenvalue weighted by molar-refractivity contribution is -0.116. The summed E-state index contributed by atoms with van der Waals surface area (Å²) in [7, 11) is 2.01. The molecular weight excluding hydrogens is 431 g/mol. The van der Waals surface area contributed by atoms with E-state index in [0.29, 0.717) is 24.4 Å². The predicted octanol–water partition coefficient (Wildman–Crippen LogP) is 4.19. The molecule has 34 heavy (non-hydrogen) atoms. The first-order chi connectivity index (χ1) is 16.0. The van der Waals surface area contributed by atoms with Crippen LogP contribution in [0.4, 0.5) is 15.8 Å². The molecule has 4 aromatic rings. The van der Waals surface area contributed by atoms with Crippen LogP contribution in [0.15, 0.2) is 84.0 Å². The summed E-state index contributed by atoms with van der Waals surface area (Å²) in [5.74, 6) is -0.333. The van der Waals surface area contributed by atoms with Crippen molar-refractivity contribution in [2.75, 3.05) is 29.9 Å². The van der Waals surface area contributed by atoms with Gasteiger partial charge in [0.05, 0.1) is 24.0 Å². The van der Waals surface area contributed by atoms with Gasteiger partial charge in [-0.25, -0.2) is 4.39 Å². The van der Waals surface area contributed by atoms with Gasteiger partial charge < -0.3 is 20.3 Å². The molecule has 0 saturated heterocycles. The summed E-state index contributed by atoms with van der Waals surface area (Å²) < 4.78 is 14.7. The summed E-state index contributed by atoms with van der Waals surface area (Å²) in [6.45, 7) is 2.47. The van der Waals surface area contributed by atoms with E-state index < -0.39 is 0 Å².